The Morgan fingerprint density at radius 1 is 1.03 bits per heavy atom. The lowest BCUT2D eigenvalue weighted by atomic mass is 10.1. The summed E-state index contributed by atoms with van der Waals surface area (Å²) in [6, 6.07) is 13.5. The van der Waals surface area contributed by atoms with Crippen LogP contribution in [0.1, 0.15) is 40.3 Å². The lowest BCUT2D eigenvalue weighted by Gasteiger charge is -2.13. The molecule has 3 rings (SSSR count). The Balaban J connectivity index is 1.70. The highest BCUT2D eigenvalue weighted by molar-refractivity contribution is 5.94. The van der Waals surface area contributed by atoms with E-state index in [-0.39, 0.29) is 30.4 Å². The molecular weight excluding hydrogens is 384 g/mol. The van der Waals surface area contributed by atoms with Gasteiger partial charge in [0.05, 0.1) is 12.2 Å². The molecule has 7 nitrogen and oxygen atoms in total. The number of nitrogens with zero attached hydrogens (tertiary/aromatic N) is 2. The number of hydrogen-bond acceptors (Lipinski definition) is 5. The second kappa shape index (κ2) is 8.92. The number of ether oxygens (including phenoxy) is 1. The number of Topliss-reactive ketones (excluding diaryl/α,β-unsaturated/α-hetero) is 2. The Bertz CT molecular complexity index is 1130. The summed E-state index contributed by atoms with van der Waals surface area (Å²) in [7, 11) is 0. The molecule has 0 bridgehead atoms. The van der Waals surface area contributed by atoms with Gasteiger partial charge < -0.3 is 9.84 Å². The summed E-state index contributed by atoms with van der Waals surface area (Å²) in [5, 5.41) is 10.3. The van der Waals surface area contributed by atoms with Gasteiger partial charge in [-0.2, -0.15) is 0 Å². The molecule has 0 spiro atoms. The molecule has 0 aliphatic rings. The van der Waals surface area contributed by atoms with Gasteiger partial charge in [-0.1, -0.05) is 12.1 Å². The molecule has 7 heteroatoms. The third-order valence-corrected chi connectivity index (χ3v) is 4.75. The number of imidazole rings is 1. The van der Waals surface area contributed by atoms with Gasteiger partial charge in [0.15, 0.2) is 11.6 Å². The summed E-state index contributed by atoms with van der Waals surface area (Å²) in [6.07, 6.45) is 0.750. The first-order valence-electron chi connectivity index (χ1n) is 9.58. The minimum atomic E-state index is -0.918. The van der Waals surface area contributed by atoms with Gasteiger partial charge in [0, 0.05) is 23.0 Å². The monoisotopic (exact) mass is 408 g/mol. The maximum atomic E-state index is 12.8. The second-order valence-corrected chi connectivity index (χ2v) is 7.19. The molecule has 3 aromatic rings. The Hall–Kier alpha value is -3.45. The molecule has 0 saturated carbocycles. The van der Waals surface area contributed by atoms with E-state index in [1.807, 2.05) is 0 Å². The van der Waals surface area contributed by atoms with Crippen LogP contribution in [-0.2, 0) is 6.54 Å². The summed E-state index contributed by atoms with van der Waals surface area (Å²) >= 11 is 0. The second-order valence-electron chi connectivity index (χ2n) is 7.19. The molecule has 0 saturated heterocycles. The summed E-state index contributed by atoms with van der Waals surface area (Å²) in [5.41, 5.74) is 2.17. The largest absolute Gasteiger partial charge is 0.491 e. The number of aryl methyl sites for hydroxylation is 1. The van der Waals surface area contributed by atoms with Crippen molar-refractivity contribution in [1.29, 1.82) is 0 Å². The highest BCUT2D eigenvalue weighted by Gasteiger charge is 2.14. The molecule has 0 amide bonds. The Morgan fingerprint density at radius 2 is 1.70 bits per heavy atom. The molecule has 0 unspecified atom stereocenters. The van der Waals surface area contributed by atoms with Gasteiger partial charge >= 0.3 is 5.69 Å². The van der Waals surface area contributed by atoms with Gasteiger partial charge in [-0.3, -0.25) is 18.7 Å². The fourth-order valence-electron chi connectivity index (χ4n) is 3.18. The van der Waals surface area contributed by atoms with Crippen LogP contribution in [0.5, 0.6) is 5.75 Å². The number of hydrogen-bond donors (Lipinski definition) is 1. The zero-order valence-electron chi connectivity index (χ0n) is 17.2. The summed E-state index contributed by atoms with van der Waals surface area (Å²) in [5.74, 6) is 0.370. The molecule has 156 valence electrons. The van der Waals surface area contributed by atoms with Crippen LogP contribution in [0.15, 0.2) is 59.5 Å². The van der Waals surface area contributed by atoms with Crippen molar-refractivity contribution in [2.24, 2.45) is 0 Å². The standard InChI is InChI=1S/C23H24N2O5/c1-15-12-24(23(29)25(15)20-9-7-18(8-10-20)16(2)26)13-21(28)14-30-22-6-4-5-19(11-22)17(3)27/h4-12,21,28H,13-14H2,1-3H3/t21-/m0/s1. The van der Waals surface area contributed by atoms with E-state index in [1.54, 1.807) is 61.7 Å². The van der Waals surface area contributed by atoms with Crippen LogP contribution in [0.2, 0.25) is 0 Å². The average molecular weight is 408 g/mol. The van der Waals surface area contributed by atoms with Gasteiger partial charge in [-0.25, -0.2) is 4.79 Å². The normalized spacial score (nSPS) is 11.9. The molecule has 0 fully saturated rings. The molecule has 1 atom stereocenters. The predicted octanol–water partition coefficient (Wildman–Crippen LogP) is 2.79. The lowest BCUT2D eigenvalue weighted by molar-refractivity contribution is 0.0914. The Labute approximate surface area is 174 Å². The molecular formula is C23H24N2O5. The van der Waals surface area contributed by atoms with Crippen LogP contribution in [0.3, 0.4) is 0 Å². The van der Waals surface area contributed by atoms with Gasteiger partial charge in [0.2, 0.25) is 0 Å². The first kappa shape index (κ1) is 21.3. The van der Waals surface area contributed by atoms with Crippen LogP contribution < -0.4 is 10.4 Å². The number of ketones is 2. The first-order chi connectivity index (χ1) is 14.3. The molecule has 30 heavy (non-hydrogen) atoms. The Kier molecular flexibility index (Phi) is 6.32. The van der Waals surface area contributed by atoms with E-state index in [9.17, 15) is 19.5 Å². The molecule has 1 aromatic heterocycles. The minimum Gasteiger partial charge on any atom is -0.491 e. The number of rotatable bonds is 8. The molecule has 1 N–H and O–H groups in total. The fourth-order valence-corrected chi connectivity index (χ4v) is 3.18. The van der Waals surface area contributed by atoms with Crippen LogP contribution in [0, 0.1) is 6.92 Å². The van der Waals surface area contributed by atoms with Crippen LogP contribution >= 0.6 is 0 Å². The molecule has 2 aromatic carbocycles. The van der Waals surface area contributed by atoms with E-state index in [2.05, 4.69) is 0 Å². The summed E-state index contributed by atoms with van der Waals surface area (Å²) < 4.78 is 8.52. The van der Waals surface area contributed by atoms with Crippen molar-refractivity contribution in [3.8, 4) is 11.4 Å². The van der Waals surface area contributed by atoms with Crippen molar-refractivity contribution in [2.75, 3.05) is 6.61 Å². The van der Waals surface area contributed by atoms with Crippen LogP contribution in [0.4, 0.5) is 0 Å². The average Bonchev–Trinajstić information content (AvgIpc) is 2.99. The van der Waals surface area contributed by atoms with Crippen molar-refractivity contribution in [3.05, 3.63) is 82.0 Å². The SMILES string of the molecule is CC(=O)c1ccc(-n2c(C)cn(C[C@H](O)COc3cccc(C(C)=O)c3)c2=O)cc1. The van der Waals surface area contributed by atoms with Crippen molar-refractivity contribution >= 4 is 11.6 Å². The quantitative estimate of drug-likeness (QED) is 0.579. The first-order valence-corrected chi connectivity index (χ1v) is 9.58. The Morgan fingerprint density at radius 3 is 2.33 bits per heavy atom. The maximum absolute atomic E-state index is 12.8. The van der Waals surface area contributed by atoms with Gasteiger partial charge in [-0.15, -0.1) is 0 Å². The van der Waals surface area contributed by atoms with Crippen molar-refractivity contribution in [2.45, 2.75) is 33.4 Å². The van der Waals surface area contributed by atoms with E-state index < -0.39 is 6.10 Å². The topological polar surface area (TPSA) is 90.5 Å². The highest BCUT2D eigenvalue weighted by atomic mass is 16.5. The maximum Gasteiger partial charge on any atom is 0.333 e. The van der Waals surface area contributed by atoms with E-state index in [0.717, 1.165) is 0 Å². The van der Waals surface area contributed by atoms with Crippen molar-refractivity contribution in [3.63, 3.8) is 0 Å². The fraction of sp³-hybridized carbons (Fsp3) is 0.261. The summed E-state index contributed by atoms with van der Waals surface area (Å²) in [6.45, 7) is 4.80. The van der Waals surface area contributed by atoms with Gasteiger partial charge in [0.1, 0.15) is 18.5 Å². The minimum absolute atomic E-state index is 0.0225. The van der Waals surface area contributed by atoms with Gasteiger partial charge in [0.25, 0.3) is 0 Å². The number of carbonyl (C=O) groups excluding carboxylic acids is 2. The van der Waals surface area contributed by atoms with E-state index in [1.165, 1.54) is 23.0 Å². The third kappa shape index (κ3) is 4.75. The highest BCUT2D eigenvalue weighted by Crippen LogP contribution is 2.15. The van der Waals surface area contributed by atoms with Crippen molar-refractivity contribution in [1.82, 2.24) is 9.13 Å². The number of benzene rings is 2. The molecule has 0 radical (unpaired) electrons. The van der Waals surface area contributed by atoms with Gasteiger partial charge in [-0.05, 0) is 57.2 Å². The van der Waals surface area contributed by atoms with Crippen LogP contribution in [-0.4, -0.2) is 38.5 Å². The smallest absolute Gasteiger partial charge is 0.333 e. The van der Waals surface area contributed by atoms with Crippen molar-refractivity contribution < 1.29 is 19.4 Å². The third-order valence-electron chi connectivity index (χ3n) is 4.75. The van der Waals surface area contributed by atoms with E-state index in [4.69, 9.17) is 4.74 Å². The lowest BCUT2D eigenvalue weighted by Crippen LogP contribution is -2.31. The molecule has 0 aliphatic carbocycles. The molecule has 1 heterocycles. The number of aliphatic hydroxyl groups excluding tert-OH is 1. The zero-order chi connectivity index (χ0) is 21.8. The zero-order valence-corrected chi connectivity index (χ0v) is 17.2. The molecule has 0 aliphatic heterocycles. The number of carbonyl (C=O) groups is 2. The predicted molar refractivity (Wildman–Crippen MR) is 113 cm³/mol. The summed E-state index contributed by atoms with van der Waals surface area (Å²) in [4.78, 5) is 35.7. The number of aliphatic hydroxyl groups is 1. The number of aromatic nitrogens is 2. The van der Waals surface area contributed by atoms with Crippen LogP contribution in [0.25, 0.3) is 5.69 Å². The van der Waals surface area contributed by atoms with E-state index >= 15 is 0 Å². The van der Waals surface area contributed by atoms with E-state index in [0.29, 0.717) is 28.3 Å².